The smallest absolute Gasteiger partial charge is 0.258 e. The molecule has 1 aliphatic heterocycles. The summed E-state index contributed by atoms with van der Waals surface area (Å²) in [6, 6.07) is 11.0. The molecule has 28 heavy (non-hydrogen) atoms. The van der Waals surface area contributed by atoms with Crippen molar-refractivity contribution >= 4 is 21.8 Å². The normalized spacial score (nSPS) is 20.1. The average Bonchev–Trinajstić information content (AvgIpc) is 2.70. The Bertz CT molecular complexity index is 955. The summed E-state index contributed by atoms with van der Waals surface area (Å²) in [5.41, 5.74) is 1.45. The topological polar surface area (TPSA) is 77.4 Å². The van der Waals surface area contributed by atoms with E-state index >= 15 is 0 Å². The largest absolute Gasteiger partial charge is 0.493 e. The zero-order chi connectivity index (χ0) is 20.1. The van der Waals surface area contributed by atoms with E-state index in [0.717, 1.165) is 23.5 Å². The number of aromatic nitrogens is 1. The Morgan fingerprint density at radius 2 is 2.00 bits per heavy atom. The Labute approximate surface area is 170 Å². The zero-order valence-corrected chi connectivity index (χ0v) is 17.8. The second-order valence-corrected chi connectivity index (χ2v) is 10.1. The molecule has 1 aromatic carbocycles. The molecule has 2 heterocycles. The minimum Gasteiger partial charge on any atom is -0.493 e. The fourth-order valence-corrected chi connectivity index (χ4v) is 5.34. The molecule has 1 aromatic heterocycles. The molecule has 6 nitrogen and oxygen atoms in total. The van der Waals surface area contributed by atoms with Crippen LogP contribution in [-0.4, -0.2) is 42.9 Å². The molecule has 152 valence electrons. The molecular formula is C20H26N2O4S2. The van der Waals surface area contributed by atoms with E-state index in [2.05, 4.69) is 4.72 Å². The standard InChI is InChI=1S/C20H26N2O4S2/c1-3-28(24,25)21-19-10-12-27-14-16(19)13-26-17-8-6-15(7-9-17)18-5-4-11-22(2)20(18)23/h4-9,11,16,19,21H,3,10,12-14H2,1-2H3/t16-,19-/m0/s1. The van der Waals surface area contributed by atoms with Crippen molar-refractivity contribution in [2.24, 2.45) is 13.0 Å². The van der Waals surface area contributed by atoms with Gasteiger partial charge in [0.1, 0.15) is 5.75 Å². The van der Waals surface area contributed by atoms with Gasteiger partial charge in [0, 0.05) is 36.5 Å². The summed E-state index contributed by atoms with van der Waals surface area (Å²) in [5.74, 6) is 2.75. The number of nitrogens with one attached hydrogen (secondary N) is 1. The van der Waals surface area contributed by atoms with Crippen LogP contribution in [0.2, 0.25) is 0 Å². The summed E-state index contributed by atoms with van der Waals surface area (Å²) in [6.45, 7) is 2.10. The first-order chi connectivity index (χ1) is 13.4. The van der Waals surface area contributed by atoms with Crippen molar-refractivity contribution in [3.63, 3.8) is 0 Å². The van der Waals surface area contributed by atoms with Crippen LogP contribution >= 0.6 is 11.8 Å². The Morgan fingerprint density at radius 3 is 2.71 bits per heavy atom. The Kier molecular flexibility index (Phi) is 6.85. The first-order valence-electron chi connectivity index (χ1n) is 9.36. The molecule has 0 spiro atoms. The van der Waals surface area contributed by atoms with Crippen LogP contribution in [0.15, 0.2) is 47.4 Å². The minimum absolute atomic E-state index is 0.0403. The summed E-state index contributed by atoms with van der Waals surface area (Å²) < 4.78 is 34.2. The average molecular weight is 423 g/mol. The van der Waals surface area contributed by atoms with Crippen molar-refractivity contribution < 1.29 is 13.2 Å². The van der Waals surface area contributed by atoms with Crippen molar-refractivity contribution in [3.05, 3.63) is 52.9 Å². The molecule has 8 heteroatoms. The van der Waals surface area contributed by atoms with Crippen LogP contribution in [0.25, 0.3) is 11.1 Å². The number of thioether (sulfide) groups is 1. The Balaban J connectivity index is 1.65. The third-order valence-electron chi connectivity index (χ3n) is 4.94. The van der Waals surface area contributed by atoms with Gasteiger partial charge in [0.25, 0.3) is 5.56 Å². The van der Waals surface area contributed by atoms with E-state index in [1.165, 1.54) is 0 Å². The maximum atomic E-state index is 12.2. The Morgan fingerprint density at radius 1 is 1.25 bits per heavy atom. The van der Waals surface area contributed by atoms with Gasteiger partial charge in [0.2, 0.25) is 10.0 Å². The van der Waals surface area contributed by atoms with Gasteiger partial charge >= 0.3 is 0 Å². The number of hydrogen-bond donors (Lipinski definition) is 1. The lowest BCUT2D eigenvalue weighted by Crippen LogP contribution is -2.46. The van der Waals surface area contributed by atoms with Crippen LogP contribution in [0.3, 0.4) is 0 Å². The van der Waals surface area contributed by atoms with Gasteiger partial charge in [0.05, 0.1) is 12.4 Å². The van der Waals surface area contributed by atoms with Gasteiger partial charge in [-0.3, -0.25) is 4.79 Å². The maximum Gasteiger partial charge on any atom is 0.258 e. The fourth-order valence-electron chi connectivity index (χ4n) is 3.18. The number of sulfonamides is 1. The number of benzene rings is 1. The lowest BCUT2D eigenvalue weighted by molar-refractivity contribution is 0.229. The summed E-state index contributed by atoms with van der Waals surface area (Å²) in [5, 5.41) is 0. The van der Waals surface area contributed by atoms with E-state index < -0.39 is 10.0 Å². The van der Waals surface area contributed by atoms with Gasteiger partial charge in [-0.15, -0.1) is 0 Å². The van der Waals surface area contributed by atoms with Crippen LogP contribution in [0, 0.1) is 5.92 Å². The highest BCUT2D eigenvalue weighted by atomic mass is 32.2. The van der Waals surface area contributed by atoms with Crippen LogP contribution in [0.1, 0.15) is 13.3 Å². The van der Waals surface area contributed by atoms with Gasteiger partial charge in [0.15, 0.2) is 0 Å². The van der Waals surface area contributed by atoms with Gasteiger partial charge in [-0.1, -0.05) is 12.1 Å². The number of aryl methyl sites for hydroxylation is 1. The highest BCUT2D eigenvalue weighted by Gasteiger charge is 2.29. The molecule has 0 unspecified atom stereocenters. The molecule has 0 bridgehead atoms. The van der Waals surface area contributed by atoms with Gasteiger partial charge in [-0.25, -0.2) is 13.1 Å². The third-order valence-corrected chi connectivity index (χ3v) is 7.55. The number of rotatable bonds is 7. The van der Waals surface area contributed by atoms with Crippen molar-refractivity contribution in [2.45, 2.75) is 19.4 Å². The summed E-state index contributed by atoms with van der Waals surface area (Å²) in [6.07, 6.45) is 2.54. The summed E-state index contributed by atoms with van der Waals surface area (Å²) in [4.78, 5) is 12.2. The molecule has 0 aliphatic carbocycles. The molecule has 2 atom stereocenters. The van der Waals surface area contributed by atoms with Crippen molar-refractivity contribution in [2.75, 3.05) is 23.9 Å². The maximum absolute atomic E-state index is 12.2. The SMILES string of the molecule is CCS(=O)(=O)N[C@H]1CCSC[C@@H]1COc1ccc(-c2cccn(C)c2=O)cc1. The van der Waals surface area contributed by atoms with Gasteiger partial charge < -0.3 is 9.30 Å². The summed E-state index contributed by atoms with van der Waals surface area (Å²) in [7, 11) is -1.49. The molecule has 1 N–H and O–H groups in total. The molecule has 1 saturated heterocycles. The summed E-state index contributed by atoms with van der Waals surface area (Å²) >= 11 is 1.83. The molecule has 3 rings (SSSR count). The highest BCUT2D eigenvalue weighted by molar-refractivity contribution is 7.99. The van der Waals surface area contributed by atoms with Crippen molar-refractivity contribution in [3.8, 4) is 16.9 Å². The van der Waals surface area contributed by atoms with E-state index in [0.29, 0.717) is 17.9 Å². The van der Waals surface area contributed by atoms with Crippen molar-refractivity contribution in [1.82, 2.24) is 9.29 Å². The van der Waals surface area contributed by atoms with Crippen LogP contribution in [0.4, 0.5) is 0 Å². The number of nitrogens with zero attached hydrogens (tertiary/aromatic N) is 1. The second kappa shape index (κ2) is 9.15. The first-order valence-corrected chi connectivity index (χ1v) is 12.2. The monoisotopic (exact) mass is 422 g/mol. The predicted molar refractivity (Wildman–Crippen MR) is 114 cm³/mol. The zero-order valence-electron chi connectivity index (χ0n) is 16.1. The molecule has 0 radical (unpaired) electrons. The quantitative estimate of drug-likeness (QED) is 0.742. The molecule has 1 fully saturated rings. The van der Waals surface area contributed by atoms with E-state index in [1.54, 1.807) is 24.7 Å². The van der Waals surface area contributed by atoms with E-state index in [4.69, 9.17) is 4.74 Å². The molecular weight excluding hydrogens is 396 g/mol. The van der Waals surface area contributed by atoms with E-state index in [1.807, 2.05) is 48.2 Å². The number of pyridine rings is 1. The van der Waals surface area contributed by atoms with E-state index in [-0.39, 0.29) is 23.3 Å². The molecule has 2 aromatic rings. The fraction of sp³-hybridized carbons (Fsp3) is 0.450. The van der Waals surface area contributed by atoms with Gasteiger partial charge in [-0.2, -0.15) is 11.8 Å². The number of hydrogen-bond acceptors (Lipinski definition) is 5. The highest BCUT2D eigenvalue weighted by Crippen LogP contribution is 2.26. The lowest BCUT2D eigenvalue weighted by atomic mass is 10.0. The minimum atomic E-state index is -3.23. The van der Waals surface area contributed by atoms with Crippen LogP contribution < -0.4 is 15.0 Å². The predicted octanol–water partition coefficient (Wildman–Crippen LogP) is 2.49. The van der Waals surface area contributed by atoms with Crippen molar-refractivity contribution in [1.29, 1.82) is 0 Å². The third kappa shape index (κ3) is 5.18. The molecule has 0 amide bonds. The number of ether oxygens (including phenoxy) is 1. The van der Waals surface area contributed by atoms with Crippen LogP contribution in [-0.2, 0) is 17.1 Å². The first kappa shape index (κ1) is 21.0. The lowest BCUT2D eigenvalue weighted by Gasteiger charge is -2.31. The molecule has 1 aliphatic rings. The van der Waals surface area contributed by atoms with Gasteiger partial charge in [-0.05, 0) is 48.9 Å². The molecule has 0 saturated carbocycles. The Hall–Kier alpha value is -1.77. The van der Waals surface area contributed by atoms with E-state index in [9.17, 15) is 13.2 Å². The second-order valence-electron chi connectivity index (χ2n) is 6.92. The van der Waals surface area contributed by atoms with Crippen LogP contribution in [0.5, 0.6) is 5.75 Å².